The molecular formula is C34H52Ac2O9Si. The molecule has 12 heteroatoms. The molecule has 2 aliphatic carbocycles. The summed E-state index contributed by atoms with van der Waals surface area (Å²) in [5.74, 6) is -2.47. The first-order valence-corrected chi connectivity index (χ1v) is 18.6. The van der Waals surface area contributed by atoms with Gasteiger partial charge in [0.05, 0.1) is 30.5 Å². The summed E-state index contributed by atoms with van der Waals surface area (Å²) in [6.45, 7) is 14.5. The van der Waals surface area contributed by atoms with Crippen molar-refractivity contribution in [1.29, 1.82) is 0 Å². The number of Topliss-reactive ketones (excluding diaryl/α,β-unsaturated/α-hetero) is 1. The number of rotatable bonds is 11. The number of fused-ring (bicyclic) bond motifs is 1. The van der Waals surface area contributed by atoms with E-state index >= 15 is 0 Å². The van der Waals surface area contributed by atoms with Crippen LogP contribution < -0.4 is 0 Å². The smallest absolute Gasteiger partial charge is 0.338 e. The maximum Gasteiger partial charge on any atom is 0.338 e. The zero-order valence-corrected chi connectivity index (χ0v) is 39.1. The van der Waals surface area contributed by atoms with Gasteiger partial charge in [-0.3, -0.25) is 4.79 Å². The summed E-state index contributed by atoms with van der Waals surface area (Å²) in [6.07, 6.45) is -3.83. The van der Waals surface area contributed by atoms with Gasteiger partial charge in [-0.25, -0.2) is 4.79 Å². The van der Waals surface area contributed by atoms with Gasteiger partial charge in [-0.1, -0.05) is 65.8 Å². The van der Waals surface area contributed by atoms with Crippen LogP contribution in [0, 0.1) is 105 Å². The van der Waals surface area contributed by atoms with Crippen molar-refractivity contribution in [3.8, 4) is 0 Å². The van der Waals surface area contributed by atoms with E-state index in [0.29, 0.717) is 5.57 Å². The second-order valence-corrected chi connectivity index (χ2v) is 18.9. The van der Waals surface area contributed by atoms with Gasteiger partial charge in [0.25, 0.3) is 0 Å². The molecule has 1 saturated heterocycles. The fourth-order valence-electron chi connectivity index (χ4n) is 8.16. The average molecular weight is 1090 g/mol. The third-order valence-electron chi connectivity index (χ3n) is 11.5. The van der Waals surface area contributed by atoms with Crippen molar-refractivity contribution < 1.29 is 132 Å². The molecule has 0 amide bonds. The molecule has 0 bridgehead atoms. The molecule has 2 fully saturated rings. The Bertz CT molecular complexity index is 1250. The van der Waals surface area contributed by atoms with Crippen molar-refractivity contribution in [2.75, 3.05) is 6.61 Å². The van der Waals surface area contributed by atoms with Gasteiger partial charge < -0.3 is 34.3 Å². The molecule has 9 atom stereocenters. The van der Waals surface area contributed by atoms with Gasteiger partial charge in [-0.05, 0) is 49.7 Å². The van der Waals surface area contributed by atoms with E-state index in [1.54, 1.807) is 64.1 Å². The number of esters is 1. The van der Waals surface area contributed by atoms with Crippen LogP contribution in [0.5, 0.6) is 0 Å². The number of benzene rings is 1. The van der Waals surface area contributed by atoms with E-state index in [1.165, 1.54) is 6.92 Å². The molecule has 1 aliphatic heterocycles. The van der Waals surface area contributed by atoms with Crippen LogP contribution in [-0.4, -0.2) is 88.8 Å². The second-order valence-electron chi connectivity index (χ2n) is 14.2. The minimum Gasteiger partial charge on any atom is -0.455 e. The molecule has 4 rings (SSSR count). The van der Waals surface area contributed by atoms with Crippen LogP contribution in [0.25, 0.3) is 0 Å². The third-order valence-corrected chi connectivity index (χ3v) is 16.1. The van der Waals surface area contributed by atoms with E-state index in [-0.39, 0.29) is 113 Å². The molecule has 1 saturated carbocycles. The van der Waals surface area contributed by atoms with Gasteiger partial charge in [-0.2, -0.15) is 0 Å². The number of ether oxygens (including phenoxy) is 2. The molecule has 0 aromatic heterocycles. The van der Waals surface area contributed by atoms with E-state index in [4.69, 9.17) is 13.9 Å². The van der Waals surface area contributed by atoms with Crippen LogP contribution in [0.4, 0.5) is 0 Å². The molecule has 1 heterocycles. The van der Waals surface area contributed by atoms with E-state index in [9.17, 15) is 30.0 Å². The minimum absolute atomic E-state index is 0. The Balaban J connectivity index is 0.00000368. The average Bonchev–Trinajstić information content (AvgIpc) is 2.98. The molecule has 252 valence electrons. The summed E-state index contributed by atoms with van der Waals surface area (Å²) < 4.78 is 19.3. The Kier molecular flexibility index (Phi) is 15.1. The largest absolute Gasteiger partial charge is 0.455 e. The number of aliphatic hydroxyl groups excluding tert-OH is 2. The quantitative estimate of drug-likeness (QED) is 0.146. The molecule has 0 unspecified atom stereocenters. The maximum atomic E-state index is 13.8. The predicted molar refractivity (Wildman–Crippen MR) is 168 cm³/mol. The number of ketones is 1. The van der Waals surface area contributed by atoms with E-state index < -0.39 is 78.5 Å². The number of aliphatic hydroxyl groups is 4. The maximum absolute atomic E-state index is 13.8. The predicted octanol–water partition coefficient (Wildman–Crippen LogP) is 4.18. The van der Waals surface area contributed by atoms with Crippen molar-refractivity contribution in [3.63, 3.8) is 0 Å². The summed E-state index contributed by atoms with van der Waals surface area (Å²) >= 11 is 0. The van der Waals surface area contributed by atoms with Gasteiger partial charge >= 0.3 is 5.97 Å². The third kappa shape index (κ3) is 7.45. The van der Waals surface area contributed by atoms with E-state index in [2.05, 4.69) is 20.8 Å². The van der Waals surface area contributed by atoms with E-state index in [1.807, 2.05) is 0 Å². The summed E-state index contributed by atoms with van der Waals surface area (Å²) in [4.78, 5) is 27.0. The van der Waals surface area contributed by atoms with Crippen molar-refractivity contribution in [3.05, 3.63) is 47.5 Å². The zero-order chi connectivity index (χ0) is 32.9. The molecule has 46 heavy (non-hydrogen) atoms. The number of carbonyl (C=O) groups excluding carboxylic acids is 2. The SMILES string of the molecule is CC[Si](CC)(CC)O[C@H]1C[C@H]2OC[C@@]2(O)[C@@H]([C@H](OC(=O)c2ccccc2)[C@]2(O)C[C@H](O)C(C)=CC2(C)C)[C@]1(C)[C@H](O)C(C)=O.[Ac].[Ac]. The molecule has 4 N–H and O–H groups in total. The molecule has 0 spiro atoms. The summed E-state index contributed by atoms with van der Waals surface area (Å²) in [5.41, 5.74) is -5.26. The Hall–Kier alpha value is 0.960. The Morgan fingerprint density at radius 2 is 1.61 bits per heavy atom. The molecule has 1 aromatic carbocycles. The summed E-state index contributed by atoms with van der Waals surface area (Å²) in [6, 6.07) is 10.8. The van der Waals surface area contributed by atoms with Gasteiger partial charge in [0, 0.05) is 118 Å². The fourth-order valence-corrected chi connectivity index (χ4v) is 11.1. The van der Waals surface area contributed by atoms with Crippen LogP contribution in [0.1, 0.15) is 78.6 Å². The molecular weight excluding hydrogens is 1030 g/mol. The first-order chi connectivity index (χ1) is 20.5. The van der Waals surface area contributed by atoms with E-state index in [0.717, 1.165) is 18.1 Å². The fraction of sp³-hybridized carbons (Fsp3) is 0.706. The minimum atomic E-state index is -2.36. The van der Waals surface area contributed by atoms with Crippen LogP contribution in [0.2, 0.25) is 18.1 Å². The Morgan fingerprint density at radius 3 is 2.09 bits per heavy atom. The normalized spacial score (nSPS) is 34.7. The zero-order valence-electron chi connectivity index (χ0n) is 28.7. The standard InChI is InChI=1S/C34H52O9Si.2Ac/c1-9-44(10-2,11-3)43-25-17-26-33(39,20-41-26)27(32(25,8)28(37)22(5)35)29(42-30(38)23-15-13-12-14-16-23)34(40)19-24(36)21(4)18-31(34,6)7;;/h12-16,18,24-29,36-37,39-40H,9-11,17,19-20H2,1-8H3;;/t24-,25-,26+,27-,28+,29-,32+,33-,34+;;/m0../s1. The van der Waals surface area contributed by atoms with Gasteiger partial charge in [0.2, 0.25) is 0 Å². The van der Waals surface area contributed by atoms with Crippen LogP contribution in [-0.2, 0) is 18.7 Å². The Labute approximate surface area is 346 Å². The van der Waals surface area contributed by atoms with Crippen LogP contribution in [0.3, 0.4) is 0 Å². The monoisotopic (exact) mass is 1090 g/mol. The van der Waals surface area contributed by atoms with Crippen molar-refractivity contribution >= 4 is 20.1 Å². The second kappa shape index (κ2) is 16.1. The first-order valence-electron chi connectivity index (χ1n) is 16.0. The number of hydrogen-bond acceptors (Lipinski definition) is 9. The van der Waals surface area contributed by atoms with Gasteiger partial charge in [-0.15, -0.1) is 0 Å². The van der Waals surface area contributed by atoms with Gasteiger partial charge in [0.1, 0.15) is 23.4 Å². The molecule has 3 aliphatic rings. The summed E-state index contributed by atoms with van der Waals surface area (Å²) in [5, 5.41) is 48.2. The van der Waals surface area contributed by atoms with Crippen molar-refractivity contribution in [2.24, 2.45) is 16.7 Å². The van der Waals surface area contributed by atoms with Gasteiger partial charge in [0.15, 0.2) is 14.1 Å². The molecule has 2 radical (unpaired) electrons. The summed E-state index contributed by atoms with van der Waals surface area (Å²) in [7, 11) is -2.36. The topological polar surface area (TPSA) is 143 Å². The van der Waals surface area contributed by atoms with Crippen LogP contribution >= 0.6 is 0 Å². The number of carbonyl (C=O) groups is 2. The van der Waals surface area contributed by atoms with Crippen LogP contribution in [0.15, 0.2) is 42.0 Å². The number of hydrogen-bond donors (Lipinski definition) is 4. The van der Waals surface area contributed by atoms with Crippen molar-refractivity contribution in [1.82, 2.24) is 0 Å². The molecule has 1 aromatic rings. The molecule has 9 nitrogen and oxygen atoms in total. The Morgan fingerprint density at radius 1 is 1.04 bits per heavy atom. The first kappa shape index (κ1) is 43.1. The van der Waals surface area contributed by atoms with Crippen molar-refractivity contribution in [2.45, 2.75) is 128 Å².